The predicted octanol–water partition coefficient (Wildman–Crippen LogP) is 2.03. The summed E-state index contributed by atoms with van der Waals surface area (Å²) in [4.78, 5) is 60.2. The van der Waals surface area contributed by atoms with Crippen LogP contribution in [0.25, 0.3) is 10.1 Å². The Kier molecular flexibility index (Phi) is 10.4. The highest BCUT2D eigenvalue weighted by Crippen LogP contribution is 2.38. The minimum absolute atomic E-state index is 0.161. The summed E-state index contributed by atoms with van der Waals surface area (Å²) < 4.78 is 39.0. The van der Waals surface area contributed by atoms with Crippen molar-refractivity contribution in [2.24, 2.45) is 0 Å². The van der Waals surface area contributed by atoms with Crippen LogP contribution in [0.2, 0.25) is 0 Å². The van der Waals surface area contributed by atoms with E-state index in [1.54, 1.807) is 13.0 Å². The maximum absolute atomic E-state index is 12.4. The molecule has 1 N–H and O–H groups in total. The highest BCUT2D eigenvalue weighted by molar-refractivity contribution is 7.21. The summed E-state index contributed by atoms with van der Waals surface area (Å²) in [6, 6.07) is 4.62. The number of thiophene rings is 1. The predicted molar refractivity (Wildman–Crippen MR) is 136 cm³/mol. The molecule has 1 aromatic carbocycles. The van der Waals surface area contributed by atoms with Gasteiger partial charge in [0, 0.05) is 37.8 Å². The quantitative estimate of drug-likeness (QED) is 0.319. The first-order chi connectivity index (χ1) is 18.9. The average molecular weight is 583 g/mol. The lowest BCUT2D eigenvalue weighted by Crippen LogP contribution is -2.63. The van der Waals surface area contributed by atoms with Gasteiger partial charge in [-0.25, -0.2) is 4.79 Å². The standard InChI is InChI=1S/C26H30O13S/c1-6-33-25(32)20-9-17-18(8-7-16(10-27)24(17)40-20)38-26-23(37-15(5)31)22(36-14(4)30)21(35-13(3)29)19(39-26)11-34-12(2)28/h7-9,19,21-23,26-27H,6,10-11H2,1-5H3/t19-,21+,22+,23-,26-/m1/s1. The molecule has 0 spiro atoms. The van der Waals surface area contributed by atoms with Crippen molar-refractivity contribution in [2.75, 3.05) is 13.2 Å². The molecule has 0 saturated carbocycles. The molecular weight excluding hydrogens is 552 g/mol. The molecule has 0 bridgehead atoms. The molecule has 5 atom stereocenters. The highest BCUT2D eigenvalue weighted by atomic mass is 32.1. The molecule has 218 valence electrons. The first kappa shape index (κ1) is 30.8. The average Bonchev–Trinajstić information content (AvgIpc) is 3.32. The first-order valence-corrected chi connectivity index (χ1v) is 13.1. The second kappa shape index (κ2) is 13.5. The maximum atomic E-state index is 12.4. The lowest BCUT2D eigenvalue weighted by atomic mass is 9.98. The van der Waals surface area contributed by atoms with Crippen molar-refractivity contribution < 1.29 is 62.2 Å². The van der Waals surface area contributed by atoms with E-state index in [1.165, 1.54) is 19.1 Å². The van der Waals surface area contributed by atoms with Gasteiger partial charge in [0.25, 0.3) is 0 Å². The van der Waals surface area contributed by atoms with Crippen LogP contribution in [0, 0.1) is 0 Å². The van der Waals surface area contributed by atoms with Crippen molar-refractivity contribution in [3.63, 3.8) is 0 Å². The third-order valence-electron chi connectivity index (χ3n) is 5.56. The minimum atomic E-state index is -1.46. The van der Waals surface area contributed by atoms with E-state index in [0.29, 0.717) is 15.6 Å². The molecule has 2 aromatic rings. The fraction of sp³-hybridized carbons (Fsp3) is 0.500. The van der Waals surface area contributed by atoms with Crippen molar-refractivity contribution in [1.29, 1.82) is 0 Å². The molecule has 2 heterocycles. The van der Waals surface area contributed by atoms with Crippen LogP contribution in [0.5, 0.6) is 5.75 Å². The van der Waals surface area contributed by atoms with E-state index in [2.05, 4.69) is 0 Å². The first-order valence-electron chi connectivity index (χ1n) is 12.3. The largest absolute Gasteiger partial charge is 0.463 e. The lowest BCUT2D eigenvalue weighted by Gasteiger charge is -2.44. The van der Waals surface area contributed by atoms with Crippen molar-refractivity contribution >= 4 is 51.3 Å². The molecule has 1 fully saturated rings. The van der Waals surface area contributed by atoms with Crippen LogP contribution < -0.4 is 4.74 Å². The normalized spacial score (nSPS) is 22.2. The van der Waals surface area contributed by atoms with Gasteiger partial charge in [-0.2, -0.15) is 0 Å². The van der Waals surface area contributed by atoms with Crippen molar-refractivity contribution in [3.05, 3.63) is 28.6 Å². The van der Waals surface area contributed by atoms with Gasteiger partial charge in [-0.3, -0.25) is 19.2 Å². The van der Waals surface area contributed by atoms with Gasteiger partial charge in [0.2, 0.25) is 12.4 Å². The van der Waals surface area contributed by atoms with Crippen molar-refractivity contribution in [1.82, 2.24) is 0 Å². The zero-order chi connectivity index (χ0) is 29.6. The summed E-state index contributed by atoms with van der Waals surface area (Å²) in [6.45, 7) is 5.61. The molecule has 0 radical (unpaired) electrons. The summed E-state index contributed by atoms with van der Waals surface area (Å²) in [7, 11) is 0. The number of aliphatic hydroxyl groups excluding tert-OH is 1. The Morgan fingerprint density at radius 2 is 1.50 bits per heavy atom. The summed E-state index contributed by atoms with van der Waals surface area (Å²) >= 11 is 1.09. The Morgan fingerprint density at radius 1 is 0.875 bits per heavy atom. The number of rotatable bonds is 10. The highest BCUT2D eigenvalue weighted by Gasteiger charge is 2.53. The van der Waals surface area contributed by atoms with Gasteiger partial charge in [0.05, 0.1) is 13.2 Å². The maximum Gasteiger partial charge on any atom is 0.348 e. The van der Waals surface area contributed by atoms with Gasteiger partial charge in [-0.1, -0.05) is 6.07 Å². The molecule has 0 amide bonds. The summed E-state index contributed by atoms with van der Waals surface area (Å²) in [5.74, 6) is -3.37. The van der Waals surface area contributed by atoms with E-state index in [1.807, 2.05) is 0 Å². The zero-order valence-electron chi connectivity index (χ0n) is 22.5. The number of benzene rings is 1. The molecule has 1 aliphatic rings. The number of hydrogen-bond donors (Lipinski definition) is 1. The topological polar surface area (TPSA) is 170 Å². The Bertz CT molecular complexity index is 1270. The van der Waals surface area contributed by atoms with Crippen LogP contribution in [-0.4, -0.2) is 78.9 Å². The van der Waals surface area contributed by atoms with Gasteiger partial charge in [-0.15, -0.1) is 11.3 Å². The van der Waals surface area contributed by atoms with E-state index in [9.17, 15) is 29.1 Å². The number of carbonyl (C=O) groups is 5. The van der Waals surface area contributed by atoms with Crippen LogP contribution in [0.1, 0.15) is 49.9 Å². The Morgan fingerprint density at radius 3 is 2.08 bits per heavy atom. The number of ether oxygens (including phenoxy) is 7. The molecule has 1 saturated heterocycles. The Labute approximate surface area is 233 Å². The molecule has 0 aliphatic carbocycles. The van der Waals surface area contributed by atoms with Crippen LogP contribution >= 0.6 is 11.3 Å². The van der Waals surface area contributed by atoms with E-state index < -0.39 is 67.2 Å². The number of carbonyl (C=O) groups excluding carboxylic acids is 5. The monoisotopic (exact) mass is 582 g/mol. The van der Waals surface area contributed by atoms with Crippen molar-refractivity contribution in [2.45, 2.75) is 71.9 Å². The summed E-state index contributed by atoms with van der Waals surface area (Å²) in [6.07, 6.45) is -6.84. The molecule has 1 aliphatic heterocycles. The van der Waals surface area contributed by atoms with Gasteiger partial charge >= 0.3 is 29.8 Å². The molecule has 13 nitrogen and oxygen atoms in total. The van der Waals surface area contributed by atoms with E-state index in [-0.39, 0.29) is 23.8 Å². The number of fused-ring (bicyclic) bond motifs is 1. The molecule has 14 heteroatoms. The molecule has 3 rings (SSSR count). The third kappa shape index (κ3) is 7.46. The Hall–Kier alpha value is -3.75. The van der Waals surface area contributed by atoms with Crippen LogP contribution in [0.3, 0.4) is 0 Å². The van der Waals surface area contributed by atoms with Gasteiger partial charge in [0.1, 0.15) is 23.3 Å². The van der Waals surface area contributed by atoms with E-state index in [4.69, 9.17) is 33.2 Å². The second-order valence-corrected chi connectivity index (χ2v) is 9.69. The van der Waals surface area contributed by atoms with Crippen LogP contribution in [0.15, 0.2) is 18.2 Å². The molecular formula is C26H30O13S. The van der Waals surface area contributed by atoms with Gasteiger partial charge in [-0.05, 0) is 24.6 Å². The number of hydrogen-bond acceptors (Lipinski definition) is 14. The lowest BCUT2D eigenvalue weighted by molar-refractivity contribution is -0.288. The van der Waals surface area contributed by atoms with Crippen molar-refractivity contribution in [3.8, 4) is 5.75 Å². The summed E-state index contributed by atoms with van der Waals surface area (Å²) in [5, 5.41) is 10.3. The second-order valence-electron chi connectivity index (χ2n) is 8.64. The SMILES string of the molecule is CCOC(=O)c1cc2c(O[C@@H]3O[C@H](COC(C)=O)[C@H](OC(C)=O)[C@H](OC(C)=O)[C@H]3OC(C)=O)ccc(CO)c2s1. The zero-order valence-corrected chi connectivity index (χ0v) is 23.3. The van der Waals surface area contributed by atoms with Gasteiger partial charge in [0.15, 0.2) is 12.2 Å². The van der Waals surface area contributed by atoms with Crippen LogP contribution in [0.4, 0.5) is 0 Å². The summed E-state index contributed by atoms with van der Waals surface area (Å²) in [5.41, 5.74) is 0.518. The third-order valence-corrected chi connectivity index (χ3v) is 6.75. The fourth-order valence-electron chi connectivity index (χ4n) is 4.09. The molecule has 1 aromatic heterocycles. The number of esters is 5. The smallest absolute Gasteiger partial charge is 0.348 e. The molecule has 40 heavy (non-hydrogen) atoms. The van der Waals surface area contributed by atoms with E-state index in [0.717, 1.165) is 32.1 Å². The Balaban J connectivity index is 2.09. The van der Waals surface area contributed by atoms with E-state index >= 15 is 0 Å². The van der Waals surface area contributed by atoms with Crippen LogP contribution in [-0.2, 0) is 54.2 Å². The van der Waals surface area contributed by atoms with Gasteiger partial charge < -0.3 is 38.3 Å². The molecule has 0 unspecified atom stereocenters. The minimum Gasteiger partial charge on any atom is -0.463 e. The fourth-order valence-corrected chi connectivity index (χ4v) is 5.17. The number of aliphatic hydroxyl groups is 1.